The number of carbonyl (C=O) groups is 1. The molecule has 0 fully saturated rings. The van der Waals surface area contributed by atoms with Crippen molar-refractivity contribution < 1.29 is 27.1 Å². The lowest BCUT2D eigenvalue weighted by Gasteiger charge is -2.25. The van der Waals surface area contributed by atoms with Gasteiger partial charge in [-0.25, -0.2) is 18.2 Å². The van der Waals surface area contributed by atoms with Crippen LogP contribution in [0.25, 0.3) is 0 Å². The van der Waals surface area contributed by atoms with Gasteiger partial charge in [-0.05, 0) is 42.0 Å². The quantitative estimate of drug-likeness (QED) is 0.382. The van der Waals surface area contributed by atoms with E-state index in [0.29, 0.717) is 11.3 Å². The molecule has 3 rings (SSSR count). The van der Waals surface area contributed by atoms with E-state index in [2.05, 4.69) is 10.5 Å². The van der Waals surface area contributed by atoms with Crippen molar-refractivity contribution in [3.8, 4) is 11.5 Å². The number of hydrazone groups is 1. The molecule has 1 N–H and O–H groups in total. The van der Waals surface area contributed by atoms with Gasteiger partial charge < -0.3 is 9.47 Å². The maximum Gasteiger partial charge on any atom is 0.264 e. The van der Waals surface area contributed by atoms with Gasteiger partial charge >= 0.3 is 0 Å². The fraction of sp³-hybridized carbons (Fsp3) is 0.130. The number of halogens is 1. The number of sulfonamides is 1. The molecule has 172 valence electrons. The summed E-state index contributed by atoms with van der Waals surface area (Å²) >= 11 is 0. The van der Waals surface area contributed by atoms with E-state index < -0.39 is 28.3 Å². The van der Waals surface area contributed by atoms with Gasteiger partial charge in [0.1, 0.15) is 23.9 Å². The number of anilines is 1. The van der Waals surface area contributed by atoms with Crippen molar-refractivity contribution >= 4 is 27.8 Å². The minimum absolute atomic E-state index is 0.00508. The second-order valence-electron chi connectivity index (χ2n) is 6.71. The Labute approximate surface area is 191 Å². The first-order chi connectivity index (χ1) is 15.8. The minimum atomic E-state index is -4.13. The number of ether oxygens (including phenoxy) is 2. The molecule has 0 saturated carbocycles. The average Bonchev–Trinajstić information content (AvgIpc) is 2.84. The van der Waals surface area contributed by atoms with Crippen LogP contribution in [0.3, 0.4) is 0 Å². The molecule has 3 aromatic rings. The molecule has 10 heteroatoms. The number of hydrogen-bond donors (Lipinski definition) is 1. The Balaban J connectivity index is 1.91. The van der Waals surface area contributed by atoms with E-state index >= 15 is 0 Å². The van der Waals surface area contributed by atoms with E-state index in [-0.39, 0.29) is 16.3 Å². The third-order valence-corrected chi connectivity index (χ3v) is 6.32. The van der Waals surface area contributed by atoms with Crippen molar-refractivity contribution in [3.63, 3.8) is 0 Å². The maximum absolute atomic E-state index is 13.4. The van der Waals surface area contributed by atoms with Crippen molar-refractivity contribution in [1.82, 2.24) is 5.43 Å². The number of rotatable bonds is 9. The highest BCUT2D eigenvalue weighted by Crippen LogP contribution is 2.35. The Morgan fingerprint density at radius 2 is 1.73 bits per heavy atom. The van der Waals surface area contributed by atoms with Gasteiger partial charge in [0, 0.05) is 6.07 Å². The fourth-order valence-electron chi connectivity index (χ4n) is 2.90. The molecule has 33 heavy (non-hydrogen) atoms. The summed E-state index contributed by atoms with van der Waals surface area (Å²) in [4.78, 5) is 12.6. The monoisotopic (exact) mass is 471 g/mol. The van der Waals surface area contributed by atoms with E-state index in [4.69, 9.17) is 9.47 Å². The molecule has 1 amide bonds. The average molecular weight is 472 g/mol. The Hall–Kier alpha value is -3.92. The standard InChI is InChI=1S/C23H22FN3O5S/c1-31-19-12-13-21(22(14-19)32-2)27(33(29,30)20-6-4-3-5-7-20)16-23(28)26-25-15-17-8-10-18(24)11-9-17/h3-15H,16H2,1-2H3,(H,26,28)/b25-15-. The van der Waals surface area contributed by atoms with Gasteiger partial charge in [0.05, 0.1) is 31.0 Å². The number of nitrogens with one attached hydrogen (secondary N) is 1. The molecule has 3 aromatic carbocycles. The van der Waals surface area contributed by atoms with E-state index in [9.17, 15) is 17.6 Å². The van der Waals surface area contributed by atoms with Gasteiger partial charge in [0.25, 0.3) is 15.9 Å². The largest absolute Gasteiger partial charge is 0.497 e. The van der Waals surface area contributed by atoms with Crippen molar-refractivity contribution in [2.45, 2.75) is 4.90 Å². The number of benzene rings is 3. The van der Waals surface area contributed by atoms with Gasteiger partial charge in [0.15, 0.2) is 0 Å². The summed E-state index contributed by atoms with van der Waals surface area (Å²) in [6, 6.07) is 17.8. The number of hydrogen-bond acceptors (Lipinski definition) is 6. The molecule has 0 aliphatic carbocycles. The van der Waals surface area contributed by atoms with Crippen LogP contribution >= 0.6 is 0 Å². The van der Waals surface area contributed by atoms with Gasteiger partial charge in [-0.2, -0.15) is 5.10 Å². The summed E-state index contributed by atoms with van der Waals surface area (Å²) in [5.74, 6) is -0.422. The maximum atomic E-state index is 13.4. The molecular formula is C23H22FN3O5S. The predicted molar refractivity (Wildman–Crippen MR) is 123 cm³/mol. The Morgan fingerprint density at radius 3 is 2.36 bits per heavy atom. The van der Waals surface area contributed by atoms with E-state index in [1.807, 2.05) is 0 Å². The summed E-state index contributed by atoms with van der Waals surface area (Å²) in [5.41, 5.74) is 3.01. The third-order valence-electron chi connectivity index (χ3n) is 4.55. The first-order valence-corrected chi connectivity index (χ1v) is 11.2. The molecule has 0 aromatic heterocycles. The molecule has 8 nitrogen and oxygen atoms in total. The Bertz CT molecular complexity index is 1230. The lowest BCUT2D eigenvalue weighted by atomic mass is 10.2. The molecule has 0 heterocycles. The molecule has 0 saturated heterocycles. The van der Waals surface area contributed by atoms with Crippen LogP contribution in [0.2, 0.25) is 0 Å². The van der Waals surface area contributed by atoms with Crippen LogP contribution in [-0.4, -0.2) is 41.3 Å². The highest BCUT2D eigenvalue weighted by molar-refractivity contribution is 7.92. The van der Waals surface area contributed by atoms with Crippen molar-refractivity contribution in [2.75, 3.05) is 25.1 Å². The molecule has 0 aliphatic heterocycles. The zero-order valence-corrected chi connectivity index (χ0v) is 18.8. The lowest BCUT2D eigenvalue weighted by molar-refractivity contribution is -0.119. The first kappa shape index (κ1) is 23.7. The molecule has 0 aliphatic rings. The second-order valence-corrected chi connectivity index (χ2v) is 8.57. The second kappa shape index (κ2) is 10.6. The van der Waals surface area contributed by atoms with Crippen molar-refractivity contribution in [1.29, 1.82) is 0 Å². The molecule has 0 unspecified atom stereocenters. The lowest BCUT2D eigenvalue weighted by Crippen LogP contribution is -2.39. The van der Waals surface area contributed by atoms with Crippen LogP contribution in [0.4, 0.5) is 10.1 Å². The normalized spacial score (nSPS) is 11.2. The smallest absolute Gasteiger partial charge is 0.264 e. The summed E-state index contributed by atoms with van der Waals surface area (Å²) < 4.78 is 51.3. The predicted octanol–water partition coefficient (Wildman–Crippen LogP) is 3.19. The van der Waals surface area contributed by atoms with E-state index in [0.717, 1.165) is 4.31 Å². The van der Waals surface area contributed by atoms with Crippen LogP contribution in [0.5, 0.6) is 11.5 Å². The van der Waals surface area contributed by atoms with Gasteiger partial charge in [0.2, 0.25) is 0 Å². The number of methoxy groups -OCH3 is 2. The zero-order valence-electron chi connectivity index (χ0n) is 17.9. The van der Waals surface area contributed by atoms with Gasteiger partial charge in [-0.3, -0.25) is 9.10 Å². The molecular weight excluding hydrogens is 449 g/mol. The minimum Gasteiger partial charge on any atom is -0.497 e. The van der Waals surface area contributed by atoms with E-state index in [1.54, 1.807) is 24.3 Å². The number of nitrogens with zero attached hydrogens (tertiary/aromatic N) is 2. The van der Waals surface area contributed by atoms with Crippen LogP contribution < -0.4 is 19.2 Å². The SMILES string of the molecule is COc1ccc(N(CC(=O)N/N=C\c2ccc(F)cc2)S(=O)(=O)c2ccccc2)c(OC)c1. The number of carbonyl (C=O) groups excluding carboxylic acids is 1. The third kappa shape index (κ3) is 5.86. The van der Waals surface area contributed by atoms with Crippen LogP contribution in [0.15, 0.2) is 82.8 Å². The zero-order chi connectivity index (χ0) is 23.8. The highest BCUT2D eigenvalue weighted by atomic mass is 32.2. The van der Waals surface area contributed by atoms with Gasteiger partial charge in [-0.15, -0.1) is 0 Å². The summed E-state index contributed by atoms with van der Waals surface area (Å²) in [7, 11) is -1.27. The molecule has 0 radical (unpaired) electrons. The Morgan fingerprint density at radius 1 is 1.03 bits per heavy atom. The topological polar surface area (TPSA) is 97.3 Å². The summed E-state index contributed by atoms with van der Waals surface area (Å²) in [6.45, 7) is -0.569. The van der Waals surface area contributed by atoms with Crippen LogP contribution in [0.1, 0.15) is 5.56 Å². The number of amides is 1. The first-order valence-electron chi connectivity index (χ1n) is 9.72. The molecule has 0 spiro atoms. The van der Waals surface area contributed by atoms with Gasteiger partial charge in [-0.1, -0.05) is 30.3 Å². The highest BCUT2D eigenvalue weighted by Gasteiger charge is 2.29. The Kier molecular flexibility index (Phi) is 7.62. The van der Waals surface area contributed by atoms with E-state index in [1.165, 1.54) is 69.0 Å². The fourth-order valence-corrected chi connectivity index (χ4v) is 4.36. The molecule has 0 atom stereocenters. The van der Waals surface area contributed by atoms with Crippen molar-refractivity contribution in [3.05, 3.63) is 84.2 Å². The summed E-state index contributed by atoms with van der Waals surface area (Å²) in [5, 5.41) is 3.82. The summed E-state index contributed by atoms with van der Waals surface area (Å²) in [6.07, 6.45) is 1.32. The van der Waals surface area contributed by atoms with Crippen LogP contribution in [-0.2, 0) is 14.8 Å². The molecule has 0 bridgehead atoms. The van der Waals surface area contributed by atoms with Crippen molar-refractivity contribution in [2.24, 2.45) is 5.10 Å². The van der Waals surface area contributed by atoms with Crippen LogP contribution in [0, 0.1) is 5.82 Å².